The maximum atomic E-state index is 8.77. The van der Waals surface area contributed by atoms with Gasteiger partial charge >= 0.3 is 0 Å². The van der Waals surface area contributed by atoms with E-state index in [2.05, 4.69) is 40.2 Å². The molecule has 19 heavy (non-hydrogen) atoms. The lowest BCUT2D eigenvalue weighted by Crippen LogP contribution is -2.33. The summed E-state index contributed by atoms with van der Waals surface area (Å²) in [6, 6.07) is 2.44. The maximum absolute atomic E-state index is 8.77. The van der Waals surface area contributed by atoms with E-state index in [0.717, 1.165) is 23.6 Å². The van der Waals surface area contributed by atoms with Crippen LogP contribution in [0.1, 0.15) is 38.6 Å². The van der Waals surface area contributed by atoms with Gasteiger partial charge in [0.2, 0.25) is 0 Å². The zero-order chi connectivity index (χ0) is 14.4. The molecule has 6 nitrogen and oxygen atoms in total. The Morgan fingerprint density at radius 1 is 1.42 bits per heavy atom. The number of nitriles is 1. The highest BCUT2D eigenvalue weighted by Crippen LogP contribution is 2.25. The highest BCUT2D eigenvalue weighted by molar-refractivity contribution is 5.58. The van der Waals surface area contributed by atoms with E-state index in [4.69, 9.17) is 11.1 Å². The minimum Gasteiger partial charge on any atom is -0.353 e. The second kappa shape index (κ2) is 6.90. The summed E-state index contributed by atoms with van der Waals surface area (Å²) in [5.41, 5.74) is 3.53. The average molecular weight is 262 g/mol. The topological polar surface area (TPSA) is 90.9 Å². The van der Waals surface area contributed by atoms with E-state index in [1.165, 1.54) is 0 Å². The van der Waals surface area contributed by atoms with Crippen LogP contribution in [0, 0.1) is 18.3 Å². The summed E-state index contributed by atoms with van der Waals surface area (Å²) in [6.45, 7) is 8.76. The van der Waals surface area contributed by atoms with E-state index < -0.39 is 0 Å². The first-order chi connectivity index (χ1) is 9.04. The molecule has 0 unspecified atom stereocenters. The van der Waals surface area contributed by atoms with Crippen molar-refractivity contribution in [3.05, 3.63) is 11.4 Å². The Kier molecular flexibility index (Phi) is 5.52. The van der Waals surface area contributed by atoms with E-state index in [1.54, 1.807) is 0 Å². The normalized spacial score (nSPS) is 10.4. The molecule has 0 aliphatic rings. The lowest BCUT2D eigenvalue weighted by Gasteiger charge is -2.29. The Morgan fingerprint density at radius 3 is 2.58 bits per heavy atom. The van der Waals surface area contributed by atoms with Crippen molar-refractivity contribution in [2.45, 2.75) is 46.6 Å². The second-order valence-corrected chi connectivity index (χ2v) is 4.63. The zero-order valence-corrected chi connectivity index (χ0v) is 12.1. The molecule has 0 amide bonds. The molecule has 1 aromatic rings. The predicted molar refractivity (Wildman–Crippen MR) is 76.7 cm³/mol. The average Bonchev–Trinajstić information content (AvgIpc) is 2.40. The van der Waals surface area contributed by atoms with Crippen LogP contribution in [0.5, 0.6) is 0 Å². The van der Waals surface area contributed by atoms with Crippen LogP contribution in [0.2, 0.25) is 0 Å². The Labute approximate surface area is 114 Å². The first-order valence-corrected chi connectivity index (χ1v) is 6.52. The van der Waals surface area contributed by atoms with Gasteiger partial charge in [0, 0.05) is 24.6 Å². The molecule has 0 aromatic carbocycles. The molecule has 1 rings (SSSR count). The van der Waals surface area contributed by atoms with Crippen molar-refractivity contribution < 1.29 is 0 Å². The standard InChI is InChI=1S/C13H22N6/c1-5-11-16-12(18-15)10(4)13(17-11)19(9(2)3)8-6-7-14/h9H,5-6,8,15H2,1-4H3,(H,16,17,18). The second-order valence-electron chi connectivity index (χ2n) is 4.63. The molecule has 0 aliphatic carbocycles. The monoisotopic (exact) mass is 262 g/mol. The van der Waals surface area contributed by atoms with E-state index in [9.17, 15) is 0 Å². The van der Waals surface area contributed by atoms with Crippen LogP contribution in [0.25, 0.3) is 0 Å². The van der Waals surface area contributed by atoms with Crippen LogP contribution in [0.4, 0.5) is 11.6 Å². The molecule has 1 heterocycles. The smallest absolute Gasteiger partial charge is 0.148 e. The number of nitrogens with two attached hydrogens (primary N) is 1. The van der Waals surface area contributed by atoms with Gasteiger partial charge in [0.15, 0.2) is 0 Å². The predicted octanol–water partition coefficient (Wildman–Crippen LogP) is 1.76. The maximum Gasteiger partial charge on any atom is 0.148 e. The van der Waals surface area contributed by atoms with Gasteiger partial charge in [-0.05, 0) is 20.8 Å². The third-order valence-electron chi connectivity index (χ3n) is 2.98. The SMILES string of the molecule is CCc1nc(NN)c(C)c(N(CCC#N)C(C)C)n1. The van der Waals surface area contributed by atoms with Crippen LogP contribution in [0.15, 0.2) is 0 Å². The summed E-state index contributed by atoms with van der Waals surface area (Å²) in [4.78, 5) is 11.0. The van der Waals surface area contributed by atoms with Gasteiger partial charge in [0.25, 0.3) is 0 Å². The van der Waals surface area contributed by atoms with E-state index >= 15 is 0 Å². The van der Waals surface area contributed by atoms with Gasteiger partial charge in [0.1, 0.15) is 17.5 Å². The van der Waals surface area contributed by atoms with Crippen LogP contribution < -0.4 is 16.2 Å². The molecule has 0 saturated heterocycles. The first kappa shape index (κ1) is 15.2. The number of aromatic nitrogens is 2. The summed E-state index contributed by atoms with van der Waals surface area (Å²) in [5, 5.41) is 8.77. The van der Waals surface area contributed by atoms with Crippen molar-refractivity contribution in [2.24, 2.45) is 5.84 Å². The van der Waals surface area contributed by atoms with Gasteiger partial charge in [-0.2, -0.15) is 5.26 Å². The number of rotatable bonds is 6. The number of anilines is 2. The van der Waals surface area contributed by atoms with Gasteiger partial charge in [-0.25, -0.2) is 15.8 Å². The summed E-state index contributed by atoms with van der Waals surface area (Å²) < 4.78 is 0. The third-order valence-corrected chi connectivity index (χ3v) is 2.98. The number of hydrogen-bond donors (Lipinski definition) is 2. The Bertz CT molecular complexity index is 463. The molecule has 0 bridgehead atoms. The van der Waals surface area contributed by atoms with Crippen molar-refractivity contribution in [2.75, 3.05) is 16.9 Å². The van der Waals surface area contributed by atoms with Crippen molar-refractivity contribution in [1.82, 2.24) is 9.97 Å². The quantitative estimate of drug-likeness (QED) is 0.599. The fraction of sp³-hybridized carbons (Fsp3) is 0.615. The van der Waals surface area contributed by atoms with Gasteiger partial charge in [0.05, 0.1) is 12.5 Å². The molecule has 3 N–H and O–H groups in total. The number of hydrazine groups is 1. The summed E-state index contributed by atoms with van der Waals surface area (Å²) in [7, 11) is 0. The molecule has 1 aromatic heterocycles. The summed E-state index contributed by atoms with van der Waals surface area (Å²) in [6.07, 6.45) is 1.21. The van der Waals surface area contributed by atoms with Crippen LogP contribution in [0.3, 0.4) is 0 Å². The van der Waals surface area contributed by atoms with Crippen LogP contribution >= 0.6 is 0 Å². The minimum absolute atomic E-state index is 0.261. The van der Waals surface area contributed by atoms with Gasteiger partial charge in [-0.1, -0.05) is 6.92 Å². The van der Waals surface area contributed by atoms with Crippen molar-refractivity contribution >= 4 is 11.6 Å². The lowest BCUT2D eigenvalue weighted by molar-refractivity contribution is 0.670. The fourth-order valence-electron chi connectivity index (χ4n) is 1.91. The van der Waals surface area contributed by atoms with E-state index in [0.29, 0.717) is 18.8 Å². The fourth-order valence-corrected chi connectivity index (χ4v) is 1.91. The molecule has 0 spiro atoms. The van der Waals surface area contributed by atoms with Gasteiger partial charge in [-0.15, -0.1) is 0 Å². The van der Waals surface area contributed by atoms with Crippen LogP contribution in [-0.4, -0.2) is 22.6 Å². The highest BCUT2D eigenvalue weighted by atomic mass is 15.3. The Hall–Kier alpha value is -1.87. The van der Waals surface area contributed by atoms with Crippen molar-refractivity contribution in [1.29, 1.82) is 5.26 Å². The molecular formula is C13H22N6. The van der Waals surface area contributed by atoms with Gasteiger partial charge < -0.3 is 10.3 Å². The number of aryl methyl sites for hydroxylation is 1. The van der Waals surface area contributed by atoms with E-state index in [1.807, 2.05) is 13.8 Å². The van der Waals surface area contributed by atoms with Crippen LogP contribution in [-0.2, 0) is 6.42 Å². The number of hydrogen-bond acceptors (Lipinski definition) is 6. The highest BCUT2D eigenvalue weighted by Gasteiger charge is 2.18. The molecule has 0 fully saturated rings. The molecule has 0 atom stereocenters. The van der Waals surface area contributed by atoms with Gasteiger partial charge in [-0.3, -0.25) is 0 Å². The molecule has 6 heteroatoms. The first-order valence-electron chi connectivity index (χ1n) is 6.52. The molecule has 0 aliphatic heterocycles. The Morgan fingerprint density at radius 2 is 2.11 bits per heavy atom. The van der Waals surface area contributed by atoms with Crippen molar-refractivity contribution in [3.63, 3.8) is 0 Å². The minimum atomic E-state index is 0.261. The summed E-state index contributed by atoms with van der Waals surface area (Å²) in [5.74, 6) is 7.75. The number of nitrogens with one attached hydrogen (secondary N) is 1. The molecular weight excluding hydrogens is 240 g/mol. The number of nitrogens with zero attached hydrogens (tertiary/aromatic N) is 4. The summed E-state index contributed by atoms with van der Waals surface area (Å²) >= 11 is 0. The van der Waals surface area contributed by atoms with Crippen molar-refractivity contribution in [3.8, 4) is 6.07 Å². The molecule has 104 valence electrons. The Balaban J connectivity index is 3.24. The third kappa shape index (κ3) is 3.55. The molecule has 0 saturated carbocycles. The number of nitrogen functional groups attached to an aromatic ring is 1. The zero-order valence-electron chi connectivity index (χ0n) is 12.1. The largest absolute Gasteiger partial charge is 0.353 e. The lowest BCUT2D eigenvalue weighted by atomic mass is 10.2. The molecule has 0 radical (unpaired) electrons. The van der Waals surface area contributed by atoms with E-state index in [-0.39, 0.29) is 6.04 Å².